The number of esters is 1. The number of nitro groups is 1. The monoisotopic (exact) mass is 334 g/mol. The lowest BCUT2D eigenvalue weighted by Crippen LogP contribution is -2.07. The van der Waals surface area contributed by atoms with Crippen LogP contribution in [0.3, 0.4) is 0 Å². The molecule has 0 aliphatic heterocycles. The number of nitro benzene ring substituents is 1. The van der Waals surface area contributed by atoms with Gasteiger partial charge in [-0.25, -0.2) is 9.18 Å². The molecule has 8 heteroatoms. The van der Waals surface area contributed by atoms with Gasteiger partial charge >= 0.3 is 5.97 Å². The molecule has 0 unspecified atom stereocenters. The van der Waals surface area contributed by atoms with Crippen LogP contribution < -0.4 is 10.1 Å². The van der Waals surface area contributed by atoms with Crippen molar-refractivity contribution in [1.82, 2.24) is 0 Å². The Bertz CT molecular complexity index is 779. The maximum atomic E-state index is 13.3. The molecule has 126 valence electrons. The molecule has 0 amide bonds. The van der Waals surface area contributed by atoms with E-state index in [0.29, 0.717) is 11.3 Å². The van der Waals surface area contributed by atoms with Gasteiger partial charge in [-0.3, -0.25) is 10.1 Å². The minimum atomic E-state index is -0.602. The highest BCUT2D eigenvalue weighted by molar-refractivity contribution is 5.92. The molecule has 0 heterocycles. The summed E-state index contributed by atoms with van der Waals surface area (Å²) < 4.78 is 23.1. The predicted molar refractivity (Wildman–Crippen MR) is 84.7 cm³/mol. The van der Waals surface area contributed by atoms with Gasteiger partial charge in [-0.15, -0.1) is 0 Å². The highest BCUT2D eigenvalue weighted by Gasteiger charge is 2.16. The van der Waals surface area contributed by atoms with Gasteiger partial charge in [0.25, 0.3) is 5.69 Å². The number of benzene rings is 2. The van der Waals surface area contributed by atoms with Gasteiger partial charge in [0.05, 0.1) is 19.1 Å². The number of ether oxygens (including phenoxy) is 2. The fraction of sp³-hybridized carbons (Fsp3) is 0.188. The first kappa shape index (κ1) is 17.2. The highest BCUT2D eigenvalue weighted by Crippen LogP contribution is 2.26. The fourth-order valence-corrected chi connectivity index (χ4v) is 2.14. The number of rotatable bonds is 6. The summed E-state index contributed by atoms with van der Waals surface area (Å²) in [4.78, 5) is 22.1. The number of hydrogen-bond acceptors (Lipinski definition) is 6. The van der Waals surface area contributed by atoms with Crippen LogP contribution in [-0.2, 0) is 11.3 Å². The van der Waals surface area contributed by atoms with Crippen molar-refractivity contribution in [2.24, 2.45) is 0 Å². The van der Waals surface area contributed by atoms with Crippen LogP contribution in [0.1, 0.15) is 15.9 Å². The van der Waals surface area contributed by atoms with Crippen LogP contribution in [0.4, 0.5) is 15.8 Å². The Morgan fingerprint density at radius 3 is 2.62 bits per heavy atom. The van der Waals surface area contributed by atoms with Gasteiger partial charge in [0.1, 0.15) is 22.8 Å². The molecule has 0 saturated heterocycles. The molecule has 0 aliphatic rings. The summed E-state index contributed by atoms with van der Waals surface area (Å²) in [6.45, 7) is 0.151. The lowest BCUT2D eigenvalue weighted by atomic mass is 10.1. The van der Waals surface area contributed by atoms with Crippen LogP contribution in [-0.4, -0.2) is 25.1 Å². The maximum Gasteiger partial charge on any atom is 0.341 e. The van der Waals surface area contributed by atoms with Gasteiger partial charge in [-0.05, 0) is 23.8 Å². The molecule has 0 aliphatic carbocycles. The zero-order valence-electron chi connectivity index (χ0n) is 13.0. The predicted octanol–water partition coefficient (Wildman–Crippen LogP) is 3.14. The van der Waals surface area contributed by atoms with Crippen LogP contribution in [0.15, 0.2) is 36.4 Å². The maximum absolute atomic E-state index is 13.3. The van der Waals surface area contributed by atoms with Crippen molar-refractivity contribution in [3.05, 3.63) is 63.5 Å². The van der Waals surface area contributed by atoms with Crippen molar-refractivity contribution < 1.29 is 23.6 Å². The van der Waals surface area contributed by atoms with Crippen molar-refractivity contribution in [1.29, 1.82) is 0 Å². The third kappa shape index (κ3) is 3.78. The van der Waals surface area contributed by atoms with E-state index in [0.717, 1.165) is 18.2 Å². The zero-order valence-corrected chi connectivity index (χ0v) is 13.0. The highest BCUT2D eigenvalue weighted by atomic mass is 19.1. The third-order valence-electron chi connectivity index (χ3n) is 3.31. The van der Waals surface area contributed by atoms with E-state index in [2.05, 4.69) is 10.1 Å². The van der Waals surface area contributed by atoms with E-state index in [1.165, 1.54) is 14.2 Å². The van der Waals surface area contributed by atoms with Crippen molar-refractivity contribution in [2.75, 3.05) is 19.5 Å². The summed E-state index contributed by atoms with van der Waals surface area (Å²) in [5.41, 5.74) is 0.691. The van der Waals surface area contributed by atoms with Crippen LogP contribution in [0.25, 0.3) is 0 Å². The lowest BCUT2D eigenvalue weighted by Gasteiger charge is -2.11. The molecular weight excluding hydrogens is 319 g/mol. The largest absolute Gasteiger partial charge is 0.496 e. The van der Waals surface area contributed by atoms with Crippen molar-refractivity contribution in [3.63, 3.8) is 0 Å². The number of halogens is 1. The SMILES string of the molecule is COC(=O)c1cc(CNc2cc(F)ccc2[N+](=O)[O-])ccc1OC. The average Bonchev–Trinajstić information content (AvgIpc) is 2.58. The van der Waals surface area contributed by atoms with Gasteiger partial charge in [-0.2, -0.15) is 0 Å². The molecule has 7 nitrogen and oxygen atoms in total. The molecule has 0 atom stereocenters. The van der Waals surface area contributed by atoms with E-state index >= 15 is 0 Å². The van der Waals surface area contributed by atoms with Gasteiger partial charge < -0.3 is 14.8 Å². The molecule has 2 rings (SSSR count). The molecule has 0 fully saturated rings. The standard InChI is InChI=1S/C16H15FN2O5/c1-23-15-6-3-10(7-12(15)16(20)24-2)9-18-13-8-11(17)4-5-14(13)19(21)22/h3-8,18H,9H2,1-2H3. The molecule has 1 N–H and O–H groups in total. The zero-order chi connectivity index (χ0) is 17.7. The third-order valence-corrected chi connectivity index (χ3v) is 3.31. The Labute approximate surface area is 137 Å². The second-order valence-corrected chi connectivity index (χ2v) is 4.80. The molecule has 0 radical (unpaired) electrons. The molecule has 0 aromatic heterocycles. The minimum Gasteiger partial charge on any atom is -0.496 e. The normalized spacial score (nSPS) is 10.1. The second kappa shape index (κ2) is 7.40. The quantitative estimate of drug-likeness (QED) is 0.496. The Kier molecular flexibility index (Phi) is 5.31. The Morgan fingerprint density at radius 1 is 1.25 bits per heavy atom. The smallest absolute Gasteiger partial charge is 0.341 e. The average molecular weight is 334 g/mol. The lowest BCUT2D eigenvalue weighted by molar-refractivity contribution is -0.384. The fourth-order valence-electron chi connectivity index (χ4n) is 2.14. The minimum absolute atomic E-state index is 0.0513. The molecule has 2 aromatic rings. The van der Waals surface area contributed by atoms with Gasteiger partial charge in [0.15, 0.2) is 0 Å². The number of anilines is 1. The summed E-state index contributed by atoms with van der Waals surface area (Å²) in [7, 11) is 2.68. The molecule has 2 aromatic carbocycles. The van der Waals surface area contributed by atoms with Crippen LogP contribution >= 0.6 is 0 Å². The van der Waals surface area contributed by atoms with Crippen LogP contribution in [0, 0.1) is 15.9 Å². The number of methoxy groups -OCH3 is 2. The van der Waals surface area contributed by atoms with E-state index in [1.54, 1.807) is 18.2 Å². The van der Waals surface area contributed by atoms with Crippen LogP contribution in [0.2, 0.25) is 0 Å². The Balaban J connectivity index is 2.25. The van der Waals surface area contributed by atoms with E-state index in [1.807, 2.05) is 0 Å². The van der Waals surface area contributed by atoms with Crippen molar-refractivity contribution in [2.45, 2.75) is 6.54 Å². The Morgan fingerprint density at radius 2 is 2.00 bits per heavy atom. The van der Waals surface area contributed by atoms with E-state index < -0.39 is 16.7 Å². The van der Waals surface area contributed by atoms with E-state index in [-0.39, 0.29) is 23.5 Å². The Hall–Kier alpha value is -3.16. The number of nitrogens with zero attached hydrogens (tertiary/aromatic N) is 1. The summed E-state index contributed by atoms with van der Waals surface area (Å²) in [5, 5.41) is 13.8. The second-order valence-electron chi connectivity index (χ2n) is 4.80. The first-order chi connectivity index (χ1) is 11.5. The van der Waals surface area contributed by atoms with Crippen molar-refractivity contribution >= 4 is 17.3 Å². The van der Waals surface area contributed by atoms with Gasteiger partial charge in [-0.1, -0.05) is 6.07 Å². The first-order valence-corrected chi connectivity index (χ1v) is 6.89. The summed E-state index contributed by atoms with van der Waals surface area (Å²) in [5.74, 6) is -0.805. The molecule has 24 heavy (non-hydrogen) atoms. The van der Waals surface area contributed by atoms with Gasteiger partial charge in [0, 0.05) is 18.7 Å². The van der Waals surface area contributed by atoms with Crippen molar-refractivity contribution in [3.8, 4) is 5.75 Å². The van der Waals surface area contributed by atoms with Gasteiger partial charge in [0.2, 0.25) is 0 Å². The summed E-state index contributed by atoms with van der Waals surface area (Å²) >= 11 is 0. The number of carbonyl (C=O) groups excluding carboxylic acids is 1. The topological polar surface area (TPSA) is 90.7 Å². The number of hydrogen-bond donors (Lipinski definition) is 1. The molecule has 0 spiro atoms. The van der Waals surface area contributed by atoms with Crippen LogP contribution in [0.5, 0.6) is 5.75 Å². The van der Waals surface area contributed by atoms with E-state index in [4.69, 9.17) is 4.74 Å². The molecule has 0 bridgehead atoms. The summed E-state index contributed by atoms with van der Waals surface area (Å²) in [6.07, 6.45) is 0. The molecule has 0 saturated carbocycles. The first-order valence-electron chi connectivity index (χ1n) is 6.89. The number of nitrogens with one attached hydrogen (secondary N) is 1. The summed E-state index contributed by atoms with van der Waals surface area (Å²) in [6, 6.07) is 7.97. The van der Waals surface area contributed by atoms with E-state index in [9.17, 15) is 19.3 Å². The molecular formula is C16H15FN2O5. The number of carbonyl (C=O) groups is 1.